The number of rotatable bonds is 6. The average molecular weight is 338 g/mol. The van der Waals surface area contributed by atoms with E-state index < -0.39 is 0 Å². The second-order valence-electron chi connectivity index (χ2n) is 6.26. The van der Waals surface area contributed by atoms with Crippen molar-refractivity contribution >= 4 is 15.9 Å². The van der Waals surface area contributed by atoms with Gasteiger partial charge in [-0.05, 0) is 55.7 Å². The molecule has 2 saturated carbocycles. The molecular weight excluding hydrogens is 314 g/mol. The Morgan fingerprint density at radius 2 is 2.20 bits per heavy atom. The molecule has 2 aliphatic carbocycles. The first-order chi connectivity index (χ1) is 9.76. The molecule has 0 amide bonds. The van der Waals surface area contributed by atoms with Crippen LogP contribution in [0, 0.1) is 11.8 Å². The Morgan fingerprint density at radius 1 is 1.30 bits per heavy atom. The summed E-state index contributed by atoms with van der Waals surface area (Å²) in [6.07, 6.45) is 6.78. The van der Waals surface area contributed by atoms with Crippen molar-refractivity contribution in [3.8, 4) is 5.75 Å². The van der Waals surface area contributed by atoms with E-state index in [1.54, 1.807) is 0 Å². The maximum atomic E-state index is 5.86. The molecule has 2 aliphatic rings. The normalized spacial score (nSPS) is 28.0. The van der Waals surface area contributed by atoms with Gasteiger partial charge in [0.15, 0.2) is 0 Å². The quantitative estimate of drug-likeness (QED) is 0.824. The van der Waals surface area contributed by atoms with Crippen LogP contribution in [0.2, 0.25) is 0 Å². The van der Waals surface area contributed by atoms with E-state index in [4.69, 9.17) is 4.74 Å². The van der Waals surface area contributed by atoms with E-state index >= 15 is 0 Å². The minimum Gasteiger partial charge on any atom is -0.493 e. The smallest absolute Gasteiger partial charge is 0.123 e. The number of benzene rings is 1. The lowest BCUT2D eigenvalue weighted by Crippen LogP contribution is -2.33. The molecule has 2 fully saturated rings. The first-order valence-corrected chi connectivity index (χ1v) is 8.70. The molecule has 110 valence electrons. The van der Waals surface area contributed by atoms with E-state index in [0.29, 0.717) is 0 Å². The van der Waals surface area contributed by atoms with E-state index in [0.717, 1.165) is 47.7 Å². The summed E-state index contributed by atoms with van der Waals surface area (Å²) in [7, 11) is 0. The predicted octanol–water partition coefficient (Wildman–Crippen LogP) is 4.52. The van der Waals surface area contributed by atoms with Crippen molar-refractivity contribution in [3.05, 3.63) is 28.2 Å². The summed E-state index contributed by atoms with van der Waals surface area (Å²) in [6.45, 7) is 3.86. The lowest BCUT2D eigenvalue weighted by molar-refractivity contribution is 0.308. The number of hydrogen-bond acceptors (Lipinski definition) is 2. The highest BCUT2D eigenvalue weighted by Gasteiger charge is 2.39. The number of halogens is 1. The molecule has 3 atom stereocenters. The van der Waals surface area contributed by atoms with Crippen molar-refractivity contribution in [3.63, 3.8) is 0 Å². The van der Waals surface area contributed by atoms with Gasteiger partial charge < -0.3 is 10.1 Å². The van der Waals surface area contributed by atoms with Crippen LogP contribution >= 0.6 is 15.9 Å². The minimum absolute atomic E-state index is 0.728. The summed E-state index contributed by atoms with van der Waals surface area (Å²) in [4.78, 5) is 0. The van der Waals surface area contributed by atoms with Crippen LogP contribution in [0.5, 0.6) is 5.75 Å². The molecule has 0 radical (unpaired) electrons. The van der Waals surface area contributed by atoms with E-state index in [1.807, 2.05) is 0 Å². The van der Waals surface area contributed by atoms with Gasteiger partial charge in [0.05, 0.1) is 6.61 Å². The van der Waals surface area contributed by atoms with Crippen LogP contribution in [-0.2, 0) is 6.54 Å². The van der Waals surface area contributed by atoms with Crippen molar-refractivity contribution in [1.29, 1.82) is 0 Å². The topological polar surface area (TPSA) is 21.3 Å². The van der Waals surface area contributed by atoms with Crippen molar-refractivity contribution < 1.29 is 4.74 Å². The highest BCUT2D eigenvalue weighted by molar-refractivity contribution is 9.10. The first kappa shape index (κ1) is 14.4. The standard InChI is InChI=1S/C17H24BrNO/c1-2-7-20-17-6-5-15(18)10-14(17)11-19-16-9-12-3-4-13(16)8-12/h5-6,10,12-13,16,19H,2-4,7-9,11H2,1H3. The largest absolute Gasteiger partial charge is 0.493 e. The molecule has 20 heavy (non-hydrogen) atoms. The number of nitrogens with one attached hydrogen (secondary N) is 1. The van der Waals surface area contributed by atoms with Crippen molar-refractivity contribution in [2.45, 2.75) is 51.6 Å². The van der Waals surface area contributed by atoms with Gasteiger partial charge in [0.1, 0.15) is 5.75 Å². The molecule has 2 bridgehead atoms. The molecular formula is C17H24BrNO. The summed E-state index contributed by atoms with van der Waals surface area (Å²) in [6, 6.07) is 7.06. The molecule has 3 rings (SSSR count). The zero-order chi connectivity index (χ0) is 13.9. The third-order valence-corrected chi connectivity index (χ3v) is 5.27. The Morgan fingerprint density at radius 3 is 2.90 bits per heavy atom. The first-order valence-electron chi connectivity index (χ1n) is 7.91. The maximum Gasteiger partial charge on any atom is 0.123 e. The lowest BCUT2D eigenvalue weighted by Gasteiger charge is -2.23. The second kappa shape index (κ2) is 6.48. The Labute approximate surface area is 130 Å². The SMILES string of the molecule is CCCOc1ccc(Br)cc1CNC1CC2CCC1C2. The molecule has 0 aliphatic heterocycles. The summed E-state index contributed by atoms with van der Waals surface area (Å²) < 4.78 is 6.99. The molecule has 1 aromatic carbocycles. The zero-order valence-electron chi connectivity index (χ0n) is 12.2. The molecule has 0 aromatic heterocycles. The van der Waals surface area contributed by atoms with E-state index in [9.17, 15) is 0 Å². The van der Waals surface area contributed by atoms with Crippen LogP contribution in [0.3, 0.4) is 0 Å². The Kier molecular flexibility index (Phi) is 4.67. The van der Waals surface area contributed by atoms with Gasteiger partial charge in [0, 0.05) is 22.6 Å². The van der Waals surface area contributed by atoms with E-state index in [-0.39, 0.29) is 0 Å². The molecule has 2 nitrogen and oxygen atoms in total. The average Bonchev–Trinajstić information content (AvgIpc) is 3.06. The Hall–Kier alpha value is -0.540. The Balaban J connectivity index is 1.62. The third-order valence-electron chi connectivity index (χ3n) is 4.78. The summed E-state index contributed by atoms with van der Waals surface area (Å²) in [5.41, 5.74) is 1.27. The van der Waals surface area contributed by atoms with Crippen LogP contribution in [-0.4, -0.2) is 12.6 Å². The van der Waals surface area contributed by atoms with Crippen molar-refractivity contribution in [2.75, 3.05) is 6.61 Å². The lowest BCUT2D eigenvalue weighted by atomic mass is 9.95. The zero-order valence-corrected chi connectivity index (χ0v) is 13.8. The molecule has 0 spiro atoms. The molecule has 0 heterocycles. The highest BCUT2D eigenvalue weighted by Crippen LogP contribution is 2.44. The second-order valence-corrected chi connectivity index (χ2v) is 7.18. The highest BCUT2D eigenvalue weighted by atomic mass is 79.9. The predicted molar refractivity (Wildman–Crippen MR) is 86.0 cm³/mol. The van der Waals surface area contributed by atoms with Crippen LogP contribution in [0.1, 0.15) is 44.6 Å². The van der Waals surface area contributed by atoms with Crippen molar-refractivity contribution in [1.82, 2.24) is 5.32 Å². The van der Waals surface area contributed by atoms with Gasteiger partial charge in [-0.2, -0.15) is 0 Å². The van der Waals surface area contributed by atoms with Gasteiger partial charge in [-0.15, -0.1) is 0 Å². The molecule has 1 N–H and O–H groups in total. The van der Waals surface area contributed by atoms with Gasteiger partial charge in [-0.25, -0.2) is 0 Å². The molecule has 0 saturated heterocycles. The number of fused-ring (bicyclic) bond motifs is 2. The number of ether oxygens (including phenoxy) is 1. The Bertz CT molecular complexity index is 462. The molecule has 1 aromatic rings. The molecule has 3 heteroatoms. The maximum absolute atomic E-state index is 5.86. The van der Waals surface area contributed by atoms with E-state index in [1.165, 1.54) is 31.2 Å². The van der Waals surface area contributed by atoms with E-state index in [2.05, 4.69) is 46.4 Å². The third kappa shape index (κ3) is 3.20. The number of hydrogen-bond donors (Lipinski definition) is 1. The van der Waals surface area contributed by atoms with Gasteiger partial charge in [0.25, 0.3) is 0 Å². The fraction of sp³-hybridized carbons (Fsp3) is 0.647. The van der Waals surface area contributed by atoms with Gasteiger partial charge >= 0.3 is 0 Å². The van der Waals surface area contributed by atoms with Gasteiger partial charge in [-0.3, -0.25) is 0 Å². The van der Waals surface area contributed by atoms with Crippen LogP contribution in [0.25, 0.3) is 0 Å². The van der Waals surface area contributed by atoms with Crippen LogP contribution < -0.4 is 10.1 Å². The van der Waals surface area contributed by atoms with Gasteiger partial charge in [0.2, 0.25) is 0 Å². The fourth-order valence-corrected chi connectivity index (χ4v) is 4.18. The monoisotopic (exact) mass is 337 g/mol. The van der Waals surface area contributed by atoms with Crippen molar-refractivity contribution in [2.24, 2.45) is 11.8 Å². The van der Waals surface area contributed by atoms with Gasteiger partial charge in [-0.1, -0.05) is 29.3 Å². The fourth-order valence-electron chi connectivity index (χ4n) is 3.77. The molecule has 3 unspecified atom stereocenters. The minimum atomic E-state index is 0.728. The summed E-state index contributed by atoms with van der Waals surface area (Å²) in [5, 5.41) is 3.77. The van der Waals surface area contributed by atoms with Crippen LogP contribution in [0.4, 0.5) is 0 Å². The van der Waals surface area contributed by atoms with Crippen LogP contribution in [0.15, 0.2) is 22.7 Å². The summed E-state index contributed by atoms with van der Waals surface area (Å²) >= 11 is 3.57. The summed E-state index contributed by atoms with van der Waals surface area (Å²) in [5.74, 6) is 2.95.